The van der Waals surface area contributed by atoms with E-state index in [0.717, 1.165) is 16.5 Å². The second kappa shape index (κ2) is 7.28. The fourth-order valence-corrected chi connectivity index (χ4v) is 2.90. The van der Waals surface area contributed by atoms with Crippen LogP contribution >= 0.6 is 11.6 Å². The van der Waals surface area contributed by atoms with Crippen molar-refractivity contribution in [2.75, 3.05) is 5.32 Å². The van der Waals surface area contributed by atoms with Gasteiger partial charge in [-0.25, -0.2) is 0 Å². The fourth-order valence-electron chi connectivity index (χ4n) is 2.73. The Labute approximate surface area is 160 Å². The molecule has 0 atom stereocenters. The number of rotatable bonds is 4. The van der Waals surface area contributed by atoms with Crippen molar-refractivity contribution >= 4 is 34.1 Å². The number of aromatic nitrogens is 4. The Bertz CT molecular complexity index is 1190. The van der Waals surface area contributed by atoms with Gasteiger partial charge >= 0.3 is 0 Å². The number of benzene rings is 3. The van der Waals surface area contributed by atoms with Gasteiger partial charge in [-0.15, -0.1) is 5.10 Å². The predicted octanol–water partition coefficient (Wildman–Crippen LogP) is 4.42. The van der Waals surface area contributed by atoms with Gasteiger partial charge in [0.1, 0.15) is 6.07 Å². The van der Waals surface area contributed by atoms with E-state index in [2.05, 4.69) is 33.0 Å². The molecule has 130 valence electrons. The standard InChI is InChI=1S/C20H13ClN6/c21-17-7-5-16(13-22)19(12-17)23-10-9-20-24-25-26-27(20)18-8-6-14-3-1-2-4-15(14)11-18/h1-12,23H. The zero-order valence-electron chi connectivity index (χ0n) is 14.0. The first-order valence-electron chi connectivity index (χ1n) is 8.15. The van der Waals surface area contributed by atoms with Gasteiger partial charge in [0.05, 0.1) is 16.9 Å². The minimum Gasteiger partial charge on any atom is -0.360 e. The Morgan fingerprint density at radius 3 is 2.74 bits per heavy atom. The molecule has 0 saturated heterocycles. The van der Waals surface area contributed by atoms with Crippen LogP contribution in [0.2, 0.25) is 5.02 Å². The summed E-state index contributed by atoms with van der Waals surface area (Å²) in [4.78, 5) is 0. The van der Waals surface area contributed by atoms with Crippen molar-refractivity contribution < 1.29 is 0 Å². The number of hydrogen-bond acceptors (Lipinski definition) is 5. The Hall–Kier alpha value is -3.69. The number of nitrogens with one attached hydrogen (secondary N) is 1. The Kier molecular flexibility index (Phi) is 4.52. The third-order valence-corrected chi connectivity index (χ3v) is 4.28. The number of nitrogens with zero attached hydrogens (tertiary/aromatic N) is 5. The van der Waals surface area contributed by atoms with Gasteiger partial charge in [-0.2, -0.15) is 9.94 Å². The molecule has 0 saturated carbocycles. The van der Waals surface area contributed by atoms with Gasteiger partial charge in [-0.3, -0.25) is 0 Å². The summed E-state index contributed by atoms with van der Waals surface area (Å²) in [6, 6.07) is 21.3. The molecule has 0 amide bonds. The minimum atomic E-state index is 0.498. The first-order chi connectivity index (χ1) is 13.2. The van der Waals surface area contributed by atoms with Crippen molar-refractivity contribution in [1.82, 2.24) is 20.2 Å². The zero-order chi connectivity index (χ0) is 18.6. The molecular weight excluding hydrogens is 360 g/mol. The highest BCUT2D eigenvalue weighted by molar-refractivity contribution is 6.30. The monoisotopic (exact) mass is 372 g/mol. The number of nitriles is 1. The van der Waals surface area contributed by atoms with E-state index in [1.54, 1.807) is 35.2 Å². The maximum absolute atomic E-state index is 9.18. The molecule has 1 heterocycles. The van der Waals surface area contributed by atoms with Crippen molar-refractivity contribution in [3.8, 4) is 11.8 Å². The number of tetrazole rings is 1. The van der Waals surface area contributed by atoms with E-state index in [1.807, 2.05) is 36.4 Å². The summed E-state index contributed by atoms with van der Waals surface area (Å²) in [6.45, 7) is 0. The summed E-state index contributed by atoms with van der Waals surface area (Å²) in [6.07, 6.45) is 3.41. The Balaban J connectivity index is 1.61. The molecular formula is C20H13ClN6. The summed E-state index contributed by atoms with van der Waals surface area (Å²) in [5, 5.41) is 26.9. The minimum absolute atomic E-state index is 0.498. The van der Waals surface area contributed by atoms with Gasteiger partial charge in [0.15, 0.2) is 5.82 Å². The molecule has 0 radical (unpaired) electrons. The lowest BCUT2D eigenvalue weighted by Crippen LogP contribution is -2.00. The molecule has 0 spiro atoms. The van der Waals surface area contributed by atoms with Crippen LogP contribution in [0.1, 0.15) is 11.4 Å². The van der Waals surface area contributed by atoms with E-state index < -0.39 is 0 Å². The van der Waals surface area contributed by atoms with Crippen LogP contribution in [-0.2, 0) is 0 Å². The number of hydrogen-bond donors (Lipinski definition) is 1. The molecule has 0 aliphatic carbocycles. The number of halogens is 1. The largest absolute Gasteiger partial charge is 0.360 e. The van der Waals surface area contributed by atoms with Crippen molar-refractivity contribution in [3.63, 3.8) is 0 Å². The van der Waals surface area contributed by atoms with E-state index in [1.165, 1.54) is 0 Å². The van der Waals surface area contributed by atoms with Crippen molar-refractivity contribution in [2.24, 2.45) is 0 Å². The van der Waals surface area contributed by atoms with Crippen LogP contribution in [-0.4, -0.2) is 20.2 Å². The van der Waals surface area contributed by atoms with Gasteiger partial charge in [0, 0.05) is 17.3 Å². The van der Waals surface area contributed by atoms with Crippen LogP contribution in [0.15, 0.2) is 66.9 Å². The summed E-state index contributed by atoms with van der Waals surface area (Å²) in [7, 11) is 0. The molecule has 0 aliphatic heterocycles. The maximum atomic E-state index is 9.18. The van der Waals surface area contributed by atoms with Gasteiger partial charge in [-0.1, -0.05) is 41.9 Å². The average molecular weight is 373 g/mol. The molecule has 0 unspecified atom stereocenters. The van der Waals surface area contributed by atoms with E-state index in [0.29, 0.717) is 22.1 Å². The topological polar surface area (TPSA) is 79.4 Å². The average Bonchev–Trinajstić information content (AvgIpc) is 3.16. The molecule has 0 fully saturated rings. The first-order valence-corrected chi connectivity index (χ1v) is 8.53. The maximum Gasteiger partial charge on any atom is 0.181 e. The normalized spacial score (nSPS) is 11.0. The third-order valence-electron chi connectivity index (χ3n) is 4.04. The highest BCUT2D eigenvalue weighted by atomic mass is 35.5. The second-order valence-electron chi connectivity index (χ2n) is 5.76. The van der Waals surface area contributed by atoms with Crippen molar-refractivity contribution in [2.45, 2.75) is 0 Å². The van der Waals surface area contributed by atoms with Crippen molar-refractivity contribution in [3.05, 3.63) is 83.3 Å². The lowest BCUT2D eigenvalue weighted by Gasteiger charge is -2.05. The summed E-state index contributed by atoms with van der Waals surface area (Å²) in [5.41, 5.74) is 1.97. The molecule has 1 N–H and O–H groups in total. The van der Waals surface area contributed by atoms with Crippen LogP contribution in [0.25, 0.3) is 22.5 Å². The van der Waals surface area contributed by atoms with Crippen LogP contribution in [0.4, 0.5) is 5.69 Å². The quantitative estimate of drug-likeness (QED) is 0.573. The molecule has 4 aromatic rings. The van der Waals surface area contributed by atoms with Crippen LogP contribution in [0, 0.1) is 11.3 Å². The predicted molar refractivity (Wildman–Crippen MR) is 105 cm³/mol. The Morgan fingerprint density at radius 1 is 1.04 bits per heavy atom. The SMILES string of the molecule is N#Cc1ccc(Cl)cc1NC=Cc1nnnn1-c1ccc2ccccc2c1. The lowest BCUT2D eigenvalue weighted by atomic mass is 10.1. The highest BCUT2D eigenvalue weighted by Gasteiger charge is 2.06. The van der Waals surface area contributed by atoms with Gasteiger partial charge in [0.2, 0.25) is 0 Å². The molecule has 6 nitrogen and oxygen atoms in total. The van der Waals surface area contributed by atoms with Crippen molar-refractivity contribution in [1.29, 1.82) is 5.26 Å². The highest BCUT2D eigenvalue weighted by Crippen LogP contribution is 2.21. The molecule has 4 rings (SSSR count). The molecule has 0 bridgehead atoms. The van der Waals surface area contributed by atoms with Gasteiger partial charge in [-0.05, 0) is 51.5 Å². The van der Waals surface area contributed by atoms with Crippen LogP contribution in [0.5, 0.6) is 0 Å². The van der Waals surface area contributed by atoms with Crippen LogP contribution in [0.3, 0.4) is 0 Å². The summed E-state index contributed by atoms with van der Waals surface area (Å²) >= 11 is 6.00. The van der Waals surface area contributed by atoms with E-state index >= 15 is 0 Å². The van der Waals surface area contributed by atoms with E-state index in [4.69, 9.17) is 11.6 Å². The summed E-state index contributed by atoms with van der Waals surface area (Å²) < 4.78 is 1.65. The molecule has 1 aromatic heterocycles. The second-order valence-corrected chi connectivity index (χ2v) is 6.20. The first kappa shape index (κ1) is 16.8. The molecule has 27 heavy (non-hydrogen) atoms. The van der Waals surface area contributed by atoms with Gasteiger partial charge < -0.3 is 5.32 Å². The van der Waals surface area contributed by atoms with E-state index in [-0.39, 0.29) is 0 Å². The molecule has 3 aromatic carbocycles. The smallest absolute Gasteiger partial charge is 0.181 e. The summed E-state index contributed by atoms with van der Waals surface area (Å²) in [5.74, 6) is 0.554. The Morgan fingerprint density at radius 2 is 1.89 bits per heavy atom. The number of anilines is 1. The molecule has 7 heteroatoms. The zero-order valence-corrected chi connectivity index (χ0v) is 14.8. The van der Waals surface area contributed by atoms with Gasteiger partial charge in [0.25, 0.3) is 0 Å². The third kappa shape index (κ3) is 3.50. The van der Waals surface area contributed by atoms with Crippen LogP contribution < -0.4 is 5.32 Å². The van der Waals surface area contributed by atoms with E-state index in [9.17, 15) is 5.26 Å². The molecule has 0 aliphatic rings. The lowest BCUT2D eigenvalue weighted by molar-refractivity contribution is 0.787. The number of fused-ring (bicyclic) bond motifs is 1. The fraction of sp³-hybridized carbons (Fsp3) is 0.